The molecular weight excluding hydrogens is 395 g/mol. The minimum atomic E-state index is -1.07. The Labute approximate surface area is 178 Å². The zero-order chi connectivity index (χ0) is 21.3. The third-order valence-electron chi connectivity index (χ3n) is 7.16. The molecule has 0 saturated carbocycles. The molecule has 1 saturated heterocycles. The molecule has 3 aliphatic rings. The molecule has 6 rings (SSSR count). The Kier molecular flexibility index (Phi) is 3.70. The minimum Gasteiger partial charge on any atom is -0.468 e. The van der Waals surface area contributed by atoms with Crippen LogP contribution in [0.2, 0.25) is 0 Å². The van der Waals surface area contributed by atoms with Crippen LogP contribution in [0.4, 0.5) is 4.39 Å². The maximum atomic E-state index is 14.4. The molecule has 3 aromatic carbocycles. The molecule has 3 aromatic rings. The number of benzene rings is 3. The van der Waals surface area contributed by atoms with E-state index in [-0.39, 0.29) is 17.7 Å². The molecule has 1 heterocycles. The molecular formula is C26H19FO4. The molecule has 0 aromatic heterocycles. The highest BCUT2D eigenvalue weighted by molar-refractivity contribution is 5.99. The van der Waals surface area contributed by atoms with Crippen LogP contribution < -0.4 is 0 Å². The number of hydrogen-bond acceptors (Lipinski definition) is 4. The van der Waals surface area contributed by atoms with Crippen LogP contribution in [0.25, 0.3) is 0 Å². The van der Waals surface area contributed by atoms with E-state index in [4.69, 9.17) is 9.47 Å². The molecule has 1 aliphatic heterocycles. The number of halogens is 1. The predicted molar refractivity (Wildman–Crippen MR) is 110 cm³/mol. The number of methoxy groups -OCH3 is 1. The van der Waals surface area contributed by atoms with Gasteiger partial charge in [-0.15, -0.1) is 0 Å². The van der Waals surface area contributed by atoms with Gasteiger partial charge in [-0.05, 0) is 34.4 Å². The zero-order valence-corrected chi connectivity index (χ0v) is 16.7. The first-order chi connectivity index (χ1) is 15.1. The summed E-state index contributed by atoms with van der Waals surface area (Å²) in [5.74, 6) is -3.56. The van der Waals surface area contributed by atoms with E-state index < -0.39 is 29.4 Å². The van der Waals surface area contributed by atoms with Gasteiger partial charge in [-0.1, -0.05) is 60.7 Å². The van der Waals surface area contributed by atoms with E-state index in [0.29, 0.717) is 0 Å². The first-order valence-corrected chi connectivity index (χ1v) is 10.3. The lowest BCUT2D eigenvalue weighted by Crippen LogP contribution is -2.32. The summed E-state index contributed by atoms with van der Waals surface area (Å²) in [5.41, 5.74) is 3.47. The number of esters is 2. The highest BCUT2D eigenvalue weighted by Gasteiger charge is 2.72. The Morgan fingerprint density at radius 3 is 2.32 bits per heavy atom. The lowest BCUT2D eigenvalue weighted by Gasteiger charge is -2.31. The minimum absolute atomic E-state index is 0.206. The van der Waals surface area contributed by atoms with E-state index >= 15 is 0 Å². The van der Waals surface area contributed by atoms with E-state index in [2.05, 4.69) is 0 Å². The fraction of sp³-hybridized carbons (Fsp3) is 0.231. The van der Waals surface area contributed by atoms with Crippen LogP contribution in [-0.2, 0) is 24.7 Å². The second-order valence-electron chi connectivity index (χ2n) is 8.42. The molecule has 31 heavy (non-hydrogen) atoms. The van der Waals surface area contributed by atoms with Crippen molar-refractivity contribution in [1.82, 2.24) is 0 Å². The Morgan fingerprint density at radius 2 is 1.61 bits per heavy atom. The van der Waals surface area contributed by atoms with Gasteiger partial charge in [0.1, 0.15) is 5.82 Å². The highest BCUT2D eigenvalue weighted by Crippen LogP contribution is 2.72. The molecule has 0 radical (unpaired) electrons. The van der Waals surface area contributed by atoms with Gasteiger partial charge in [0.05, 0.1) is 13.0 Å². The fourth-order valence-corrected chi connectivity index (χ4v) is 6.19. The van der Waals surface area contributed by atoms with Crippen molar-refractivity contribution < 1.29 is 23.5 Å². The molecule has 2 aliphatic carbocycles. The molecule has 1 unspecified atom stereocenters. The van der Waals surface area contributed by atoms with Gasteiger partial charge < -0.3 is 9.47 Å². The van der Waals surface area contributed by atoms with Gasteiger partial charge in [0.15, 0.2) is 11.5 Å². The van der Waals surface area contributed by atoms with Crippen molar-refractivity contribution >= 4 is 11.9 Å². The third kappa shape index (κ3) is 2.18. The van der Waals surface area contributed by atoms with Crippen LogP contribution in [0.1, 0.15) is 45.6 Å². The molecule has 4 nitrogen and oxygen atoms in total. The van der Waals surface area contributed by atoms with Gasteiger partial charge in [-0.2, -0.15) is 0 Å². The van der Waals surface area contributed by atoms with E-state index in [1.165, 1.54) is 13.2 Å². The quantitative estimate of drug-likeness (QED) is 0.461. The van der Waals surface area contributed by atoms with Crippen molar-refractivity contribution in [1.29, 1.82) is 0 Å². The maximum Gasteiger partial charge on any atom is 0.322 e. The first kappa shape index (κ1) is 18.3. The number of rotatable bonds is 2. The van der Waals surface area contributed by atoms with Gasteiger partial charge in [0.25, 0.3) is 0 Å². The SMILES string of the molecule is COC(=O)[C@H]1C(=O)OC23c4ccc(F)cc4[C@H](c4ccccc4)[C@H]2c2ccccc2[C@H]13. The Balaban J connectivity index is 1.68. The zero-order valence-electron chi connectivity index (χ0n) is 16.7. The summed E-state index contributed by atoms with van der Waals surface area (Å²) in [6, 6.07) is 22.4. The topological polar surface area (TPSA) is 52.6 Å². The highest BCUT2D eigenvalue weighted by atomic mass is 19.1. The average molecular weight is 414 g/mol. The number of hydrogen-bond donors (Lipinski definition) is 0. The molecule has 5 atom stereocenters. The Hall–Kier alpha value is -3.47. The van der Waals surface area contributed by atoms with Gasteiger partial charge in [-0.3, -0.25) is 9.59 Å². The summed E-state index contributed by atoms with van der Waals surface area (Å²) in [5, 5.41) is 0. The monoisotopic (exact) mass is 414 g/mol. The lowest BCUT2D eigenvalue weighted by atomic mass is 9.75. The molecule has 154 valence electrons. The Bertz CT molecular complexity index is 1240. The third-order valence-corrected chi connectivity index (χ3v) is 7.16. The van der Waals surface area contributed by atoms with Crippen molar-refractivity contribution in [3.05, 3.63) is 106 Å². The molecule has 0 amide bonds. The largest absolute Gasteiger partial charge is 0.468 e. The van der Waals surface area contributed by atoms with E-state index in [1.54, 1.807) is 12.1 Å². The summed E-state index contributed by atoms with van der Waals surface area (Å²) in [6.45, 7) is 0. The molecule has 1 fully saturated rings. The molecule has 1 spiro atoms. The van der Waals surface area contributed by atoms with E-state index in [0.717, 1.165) is 27.8 Å². The standard InChI is InChI=1S/C26H19FO4/c1-30-24(28)21-23-17-10-6-5-9-16(17)22-20(14-7-3-2-4-8-14)18-13-15(27)11-12-19(18)26(22,23)31-25(21)29/h2-13,20-23H,1H3/t20-,21-,22+,23+,26?/m0/s1. The van der Waals surface area contributed by atoms with Crippen molar-refractivity contribution in [2.45, 2.75) is 23.4 Å². The van der Waals surface area contributed by atoms with E-state index in [1.807, 2.05) is 54.6 Å². The van der Waals surface area contributed by atoms with Crippen LogP contribution in [0, 0.1) is 11.7 Å². The van der Waals surface area contributed by atoms with Gasteiger partial charge >= 0.3 is 11.9 Å². The lowest BCUT2D eigenvalue weighted by molar-refractivity contribution is -0.158. The van der Waals surface area contributed by atoms with Crippen LogP contribution in [-0.4, -0.2) is 19.0 Å². The van der Waals surface area contributed by atoms with Gasteiger partial charge in [0, 0.05) is 17.4 Å². The summed E-state index contributed by atoms with van der Waals surface area (Å²) < 4.78 is 25.6. The summed E-state index contributed by atoms with van der Waals surface area (Å²) in [4.78, 5) is 25.8. The molecule has 0 N–H and O–H groups in total. The molecule has 0 bridgehead atoms. The second kappa shape index (κ2) is 6.27. The normalized spacial score (nSPS) is 29.5. The fourth-order valence-electron chi connectivity index (χ4n) is 6.19. The smallest absolute Gasteiger partial charge is 0.322 e. The average Bonchev–Trinajstić information content (AvgIpc) is 3.34. The predicted octanol–water partition coefficient (Wildman–Crippen LogP) is 4.39. The first-order valence-electron chi connectivity index (χ1n) is 10.3. The van der Waals surface area contributed by atoms with E-state index in [9.17, 15) is 14.0 Å². The van der Waals surface area contributed by atoms with Crippen LogP contribution in [0.3, 0.4) is 0 Å². The summed E-state index contributed by atoms with van der Waals surface area (Å²) >= 11 is 0. The van der Waals surface area contributed by atoms with Crippen molar-refractivity contribution in [2.75, 3.05) is 7.11 Å². The number of carbonyl (C=O) groups is 2. The maximum absolute atomic E-state index is 14.4. The summed E-state index contributed by atoms with van der Waals surface area (Å²) in [7, 11) is 1.28. The van der Waals surface area contributed by atoms with Gasteiger partial charge in [0.2, 0.25) is 0 Å². The van der Waals surface area contributed by atoms with Crippen molar-refractivity contribution in [2.24, 2.45) is 5.92 Å². The number of ether oxygens (including phenoxy) is 2. The second-order valence-corrected chi connectivity index (χ2v) is 8.42. The van der Waals surface area contributed by atoms with Crippen molar-refractivity contribution in [3.63, 3.8) is 0 Å². The van der Waals surface area contributed by atoms with Crippen LogP contribution in [0.15, 0.2) is 72.8 Å². The number of carbonyl (C=O) groups excluding carboxylic acids is 2. The van der Waals surface area contributed by atoms with Gasteiger partial charge in [-0.25, -0.2) is 4.39 Å². The van der Waals surface area contributed by atoms with Crippen LogP contribution in [0.5, 0.6) is 0 Å². The Morgan fingerprint density at radius 1 is 0.935 bits per heavy atom. The number of fused-ring (bicyclic) bond motifs is 4. The van der Waals surface area contributed by atoms with Crippen molar-refractivity contribution in [3.8, 4) is 0 Å². The molecule has 5 heteroatoms. The van der Waals surface area contributed by atoms with Crippen LogP contribution >= 0.6 is 0 Å². The summed E-state index contributed by atoms with van der Waals surface area (Å²) in [6.07, 6.45) is 0.